The van der Waals surface area contributed by atoms with E-state index in [0.717, 1.165) is 24.8 Å². The molecule has 1 aromatic heterocycles. The molecule has 17 heavy (non-hydrogen) atoms. The van der Waals surface area contributed by atoms with Gasteiger partial charge in [-0.25, -0.2) is 0 Å². The molecule has 0 aliphatic carbocycles. The van der Waals surface area contributed by atoms with E-state index in [1.165, 1.54) is 12.8 Å². The van der Waals surface area contributed by atoms with Gasteiger partial charge in [0, 0.05) is 12.6 Å². The number of hydrogen-bond donors (Lipinski definition) is 1. The van der Waals surface area contributed by atoms with E-state index in [-0.39, 0.29) is 0 Å². The van der Waals surface area contributed by atoms with Gasteiger partial charge in [-0.2, -0.15) is 0 Å². The van der Waals surface area contributed by atoms with Crippen molar-refractivity contribution in [2.45, 2.75) is 46.3 Å². The fourth-order valence-electron chi connectivity index (χ4n) is 1.63. The van der Waals surface area contributed by atoms with Crippen molar-refractivity contribution < 1.29 is 9.15 Å². The van der Waals surface area contributed by atoms with Crippen LogP contribution < -0.4 is 5.32 Å². The van der Waals surface area contributed by atoms with Gasteiger partial charge >= 0.3 is 0 Å². The van der Waals surface area contributed by atoms with E-state index in [2.05, 4.69) is 26.1 Å². The number of hydrogen-bond acceptors (Lipinski definition) is 3. The average Bonchev–Trinajstić information content (AvgIpc) is 2.79. The van der Waals surface area contributed by atoms with Crippen LogP contribution in [0.15, 0.2) is 22.8 Å². The SMILES string of the molecule is CC(C)CCC(C)NCCOCc1ccco1. The summed E-state index contributed by atoms with van der Waals surface area (Å²) in [5, 5.41) is 3.46. The summed E-state index contributed by atoms with van der Waals surface area (Å²) in [5.41, 5.74) is 0. The summed E-state index contributed by atoms with van der Waals surface area (Å²) in [6, 6.07) is 4.38. The first-order chi connectivity index (χ1) is 8.18. The predicted octanol–water partition coefficient (Wildman–Crippen LogP) is 3.21. The van der Waals surface area contributed by atoms with Crippen molar-refractivity contribution in [1.29, 1.82) is 0 Å². The van der Waals surface area contributed by atoms with Gasteiger partial charge in [0.2, 0.25) is 0 Å². The van der Waals surface area contributed by atoms with Gasteiger partial charge in [-0.05, 0) is 37.8 Å². The normalized spacial score (nSPS) is 13.2. The predicted molar refractivity (Wildman–Crippen MR) is 69.9 cm³/mol. The van der Waals surface area contributed by atoms with Crippen LogP contribution in [0.25, 0.3) is 0 Å². The van der Waals surface area contributed by atoms with Crippen LogP contribution in [0.5, 0.6) is 0 Å². The van der Waals surface area contributed by atoms with Crippen molar-refractivity contribution in [2.75, 3.05) is 13.2 Å². The molecule has 1 heterocycles. The first kappa shape index (κ1) is 14.3. The van der Waals surface area contributed by atoms with Gasteiger partial charge in [-0.15, -0.1) is 0 Å². The fourth-order valence-corrected chi connectivity index (χ4v) is 1.63. The molecule has 3 nitrogen and oxygen atoms in total. The lowest BCUT2D eigenvalue weighted by Gasteiger charge is -2.14. The number of rotatable bonds is 9. The van der Waals surface area contributed by atoms with Crippen LogP contribution in [0.1, 0.15) is 39.4 Å². The van der Waals surface area contributed by atoms with Crippen molar-refractivity contribution in [2.24, 2.45) is 5.92 Å². The zero-order chi connectivity index (χ0) is 12.5. The summed E-state index contributed by atoms with van der Waals surface area (Å²) in [6.45, 7) is 8.95. The second-order valence-electron chi connectivity index (χ2n) is 4.96. The van der Waals surface area contributed by atoms with E-state index in [1.54, 1.807) is 6.26 Å². The van der Waals surface area contributed by atoms with Crippen LogP contribution in [0.4, 0.5) is 0 Å². The highest BCUT2D eigenvalue weighted by Gasteiger charge is 2.02. The molecular formula is C14H25NO2. The Hall–Kier alpha value is -0.800. The molecule has 0 radical (unpaired) electrons. The van der Waals surface area contributed by atoms with Crippen molar-refractivity contribution in [3.05, 3.63) is 24.2 Å². The van der Waals surface area contributed by atoms with Gasteiger partial charge in [0.05, 0.1) is 12.9 Å². The van der Waals surface area contributed by atoms with Gasteiger partial charge in [0.1, 0.15) is 12.4 Å². The van der Waals surface area contributed by atoms with Crippen molar-refractivity contribution in [3.63, 3.8) is 0 Å². The zero-order valence-electron chi connectivity index (χ0n) is 11.2. The molecule has 1 rings (SSSR count). The van der Waals surface area contributed by atoms with Crippen LogP contribution in [-0.4, -0.2) is 19.2 Å². The molecule has 0 aliphatic rings. The molecule has 0 bridgehead atoms. The molecule has 0 saturated heterocycles. The van der Waals surface area contributed by atoms with Crippen LogP contribution >= 0.6 is 0 Å². The highest BCUT2D eigenvalue weighted by molar-refractivity contribution is 4.95. The number of ether oxygens (including phenoxy) is 1. The first-order valence-corrected chi connectivity index (χ1v) is 6.52. The van der Waals surface area contributed by atoms with E-state index in [0.29, 0.717) is 12.6 Å². The Morgan fingerprint density at radius 1 is 1.29 bits per heavy atom. The molecule has 1 aromatic rings. The third-order valence-electron chi connectivity index (χ3n) is 2.74. The number of furan rings is 1. The van der Waals surface area contributed by atoms with Gasteiger partial charge < -0.3 is 14.5 Å². The Morgan fingerprint density at radius 2 is 2.12 bits per heavy atom. The second-order valence-corrected chi connectivity index (χ2v) is 4.96. The van der Waals surface area contributed by atoms with Crippen molar-refractivity contribution in [1.82, 2.24) is 5.32 Å². The largest absolute Gasteiger partial charge is 0.467 e. The van der Waals surface area contributed by atoms with Gasteiger partial charge in [0.15, 0.2) is 0 Å². The summed E-state index contributed by atoms with van der Waals surface area (Å²) in [6.07, 6.45) is 4.18. The fraction of sp³-hybridized carbons (Fsp3) is 0.714. The molecule has 1 atom stereocenters. The highest BCUT2D eigenvalue weighted by atomic mass is 16.5. The Bertz CT molecular complexity index is 270. The zero-order valence-corrected chi connectivity index (χ0v) is 11.2. The molecule has 0 spiro atoms. The standard InChI is InChI=1S/C14H25NO2/c1-12(2)6-7-13(3)15-8-10-16-11-14-5-4-9-17-14/h4-5,9,12-13,15H,6-8,10-11H2,1-3H3. The maximum atomic E-state index is 5.50. The average molecular weight is 239 g/mol. The van der Waals surface area contributed by atoms with Crippen LogP contribution in [-0.2, 0) is 11.3 Å². The van der Waals surface area contributed by atoms with E-state index in [4.69, 9.17) is 9.15 Å². The molecule has 1 unspecified atom stereocenters. The Morgan fingerprint density at radius 3 is 2.76 bits per heavy atom. The molecule has 0 fully saturated rings. The van der Waals surface area contributed by atoms with Gasteiger partial charge in [-0.1, -0.05) is 13.8 Å². The molecule has 0 amide bonds. The lowest BCUT2D eigenvalue weighted by atomic mass is 10.0. The summed E-state index contributed by atoms with van der Waals surface area (Å²) in [7, 11) is 0. The minimum atomic E-state index is 0.565. The molecule has 98 valence electrons. The molecule has 3 heteroatoms. The summed E-state index contributed by atoms with van der Waals surface area (Å²) in [4.78, 5) is 0. The number of nitrogens with one attached hydrogen (secondary N) is 1. The van der Waals surface area contributed by atoms with Crippen LogP contribution in [0.2, 0.25) is 0 Å². The maximum absolute atomic E-state index is 5.50. The van der Waals surface area contributed by atoms with E-state index in [9.17, 15) is 0 Å². The quantitative estimate of drug-likeness (QED) is 0.672. The third kappa shape index (κ3) is 7.18. The highest BCUT2D eigenvalue weighted by Crippen LogP contribution is 2.06. The Balaban J connectivity index is 1.93. The smallest absolute Gasteiger partial charge is 0.129 e. The van der Waals surface area contributed by atoms with E-state index in [1.807, 2.05) is 12.1 Å². The van der Waals surface area contributed by atoms with Crippen LogP contribution in [0.3, 0.4) is 0 Å². The minimum Gasteiger partial charge on any atom is -0.467 e. The van der Waals surface area contributed by atoms with E-state index < -0.39 is 0 Å². The summed E-state index contributed by atoms with van der Waals surface area (Å²) in [5.74, 6) is 1.67. The first-order valence-electron chi connectivity index (χ1n) is 6.52. The van der Waals surface area contributed by atoms with Crippen LogP contribution in [0, 0.1) is 5.92 Å². The van der Waals surface area contributed by atoms with Crippen molar-refractivity contribution in [3.8, 4) is 0 Å². The second kappa shape index (κ2) is 8.31. The Labute approximate surface area is 105 Å². The third-order valence-corrected chi connectivity index (χ3v) is 2.74. The van der Waals surface area contributed by atoms with Crippen molar-refractivity contribution >= 4 is 0 Å². The minimum absolute atomic E-state index is 0.565. The lowest BCUT2D eigenvalue weighted by molar-refractivity contribution is 0.106. The summed E-state index contributed by atoms with van der Waals surface area (Å²) < 4.78 is 10.7. The lowest BCUT2D eigenvalue weighted by Crippen LogP contribution is -2.29. The van der Waals surface area contributed by atoms with Gasteiger partial charge in [0.25, 0.3) is 0 Å². The molecule has 1 N–H and O–H groups in total. The monoisotopic (exact) mass is 239 g/mol. The Kier molecular flexibility index (Phi) is 6.97. The molecule has 0 aromatic carbocycles. The van der Waals surface area contributed by atoms with Gasteiger partial charge in [-0.3, -0.25) is 0 Å². The maximum Gasteiger partial charge on any atom is 0.129 e. The molecule has 0 aliphatic heterocycles. The topological polar surface area (TPSA) is 34.4 Å². The molecule has 0 saturated carbocycles. The van der Waals surface area contributed by atoms with E-state index >= 15 is 0 Å². The summed E-state index contributed by atoms with van der Waals surface area (Å²) >= 11 is 0. The molecular weight excluding hydrogens is 214 g/mol.